The summed E-state index contributed by atoms with van der Waals surface area (Å²) in [5.41, 5.74) is 2.42. The fraction of sp³-hybridized carbons (Fsp3) is 0.120. The van der Waals surface area contributed by atoms with Crippen LogP contribution in [0.4, 0.5) is 5.69 Å². The first kappa shape index (κ1) is 23.2. The number of ether oxygens (including phenoxy) is 2. The number of halogens is 1. The molecular weight excluding hydrogens is 472 g/mol. The molecule has 0 saturated carbocycles. The highest BCUT2D eigenvalue weighted by atomic mass is 35.5. The van der Waals surface area contributed by atoms with E-state index in [2.05, 4.69) is 21.4 Å². The predicted octanol–water partition coefficient (Wildman–Crippen LogP) is 6.30. The van der Waals surface area contributed by atoms with E-state index in [1.165, 1.54) is 11.3 Å². The number of thiazole rings is 1. The SMILES string of the molecule is Cc1cc(Oc2ncccc2C#N)ccc1NC(=O)c1sc(COc2ccc(Cl)cc2)nc1C. The van der Waals surface area contributed by atoms with Crippen LogP contribution in [0.2, 0.25) is 5.02 Å². The van der Waals surface area contributed by atoms with Gasteiger partial charge in [-0.25, -0.2) is 9.97 Å². The predicted molar refractivity (Wildman–Crippen MR) is 131 cm³/mol. The maximum Gasteiger partial charge on any atom is 0.267 e. The van der Waals surface area contributed by atoms with Gasteiger partial charge in [0, 0.05) is 16.9 Å². The Kier molecular flexibility index (Phi) is 7.07. The molecule has 4 rings (SSSR count). The van der Waals surface area contributed by atoms with Crippen LogP contribution >= 0.6 is 22.9 Å². The van der Waals surface area contributed by atoms with Crippen molar-refractivity contribution >= 4 is 34.5 Å². The number of aromatic nitrogens is 2. The van der Waals surface area contributed by atoms with Crippen LogP contribution in [0, 0.1) is 25.2 Å². The number of carbonyl (C=O) groups is 1. The number of nitrogens with one attached hydrogen (secondary N) is 1. The second kappa shape index (κ2) is 10.3. The Morgan fingerprint density at radius 1 is 1.15 bits per heavy atom. The van der Waals surface area contributed by atoms with Gasteiger partial charge in [-0.2, -0.15) is 5.26 Å². The van der Waals surface area contributed by atoms with Crippen LogP contribution in [-0.2, 0) is 6.61 Å². The van der Waals surface area contributed by atoms with Crippen LogP contribution in [0.25, 0.3) is 0 Å². The van der Waals surface area contributed by atoms with E-state index < -0.39 is 0 Å². The standard InChI is InChI=1S/C25H19ClN4O3S/c1-15-12-20(33-25-17(13-27)4-3-11-28-25)9-10-21(15)30-24(31)23-16(2)29-22(34-23)14-32-19-7-5-18(26)6-8-19/h3-12H,14H2,1-2H3,(H,30,31). The Labute approximate surface area is 205 Å². The normalized spacial score (nSPS) is 10.4. The minimum Gasteiger partial charge on any atom is -0.486 e. The molecule has 0 fully saturated rings. The van der Waals surface area contributed by atoms with Gasteiger partial charge >= 0.3 is 0 Å². The van der Waals surface area contributed by atoms with Crippen LogP contribution in [-0.4, -0.2) is 15.9 Å². The van der Waals surface area contributed by atoms with E-state index in [4.69, 9.17) is 21.1 Å². The van der Waals surface area contributed by atoms with Gasteiger partial charge in [0.15, 0.2) is 0 Å². The van der Waals surface area contributed by atoms with Crippen molar-refractivity contribution in [3.05, 3.63) is 92.5 Å². The van der Waals surface area contributed by atoms with E-state index in [-0.39, 0.29) is 18.4 Å². The molecule has 4 aromatic rings. The van der Waals surface area contributed by atoms with Crippen molar-refractivity contribution in [2.45, 2.75) is 20.5 Å². The molecule has 0 bridgehead atoms. The smallest absolute Gasteiger partial charge is 0.267 e. The molecular formula is C25H19ClN4O3S. The molecule has 7 nitrogen and oxygen atoms in total. The average molecular weight is 491 g/mol. The van der Waals surface area contributed by atoms with Gasteiger partial charge in [0.1, 0.15) is 39.6 Å². The summed E-state index contributed by atoms with van der Waals surface area (Å²) in [7, 11) is 0. The fourth-order valence-electron chi connectivity index (χ4n) is 3.09. The molecule has 0 radical (unpaired) electrons. The van der Waals surface area contributed by atoms with Gasteiger partial charge in [0.2, 0.25) is 5.88 Å². The molecule has 0 atom stereocenters. The highest BCUT2D eigenvalue weighted by molar-refractivity contribution is 7.13. The van der Waals surface area contributed by atoms with Gasteiger partial charge in [0.05, 0.1) is 5.69 Å². The van der Waals surface area contributed by atoms with Crippen molar-refractivity contribution in [1.29, 1.82) is 5.26 Å². The summed E-state index contributed by atoms with van der Waals surface area (Å²) in [4.78, 5) is 22.0. The van der Waals surface area contributed by atoms with E-state index in [0.29, 0.717) is 43.4 Å². The second-order valence-electron chi connectivity index (χ2n) is 7.27. The van der Waals surface area contributed by atoms with Crippen molar-refractivity contribution < 1.29 is 14.3 Å². The fourth-order valence-corrected chi connectivity index (χ4v) is 4.09. The minimum absolute atomic E-state index is 0.231. The molecule has 34 heavy (non-hydrogen) atoms. The molecule has 0 aliphatic carbocycles. The zero-order valence-corrected chi connectivity index (χ0v) is 19.9. The van der Waals surface area contributed by atoms with Crippen LogP contribution in [0.5, 0.6) is 17.4 Å². The molecule has 9 heteroatoms. The number of nitriles is 1. The molecule has 0 unspecified atom stereocenters. The number of carbonyl (C=O) groups excluding carboxylic acids is 1. The van der Waals surface area contributed by atoms with Crippen molar-refractivity contribution in [2.24, 2.45) is 0 Å². The van der Waals surface area contributed by atoms with E-state index in [1.54, 1.807) is 67.7 Å². The number of hydrogen-bond donors (Lipinski definition) is 1. The number of amides is 1. The van der Waals surface area contributed by atoms with Crippen molar-refractivity contribution in [3.8, 4) is 23.4 Å². The lowest BCUT2D eigenvalue weighted by Crippen LogP contribution is -2.12. The van der Waals surface area contributed by atoms with Crippen LogP contribution in [0.15, 0.2) is 60.8 Å². The molecule has 0 saturated heterocycles. The molecule has 0 aliphatic rings. The lowest BCUT2D eigenvalue weighted by Gasteiger charge is -2.11. The topological polar surface area (TPSA) is 97.1 Å². The minimum atomic E-state index is -0.249. The van der Waals surface area contributed by atoms with E-state index in [9.17, 15) is 10.1 Å². The van der Waals surface area contributed by atoms with Gasteiger partial charge in [-0.05, 0) is 74.0 Å². The number of nitrogens with zero attached hydrogens (tertiary/aromatic N) is 3. The molecule has 170 valence electrons. The maximum atomic E-state index is 12.9. The maximum absolute atomic E-state index is 12.9. The van der Waals surface area contributed by atoms with Crippen molar-refractivity contribution in [3.63, 3.8) is 0 Å². The van der Waals surface area contributed by atoms with Gasteiger partial charge in [0.25, 0.3) is 5.91 Å². The van der Waals surface area contributed by atoms with Crippen LogP contribution in [0.3, 0.4) is 0 Å². The lowest BCUT2D eigenvalue weighted by atomic mass is 10.2. The number of rotatable bonds is 7. The summed E-state index contributed by atoms with van der Waals surface area (Å²) in [6.45, 7) is 3.90. The van der Waals surface area contributed by atoms with E-state index >= 15 is 0 Å². The summed E-state index contributed by atoms with van der Waals surface area (Å²) >= 11 is 7.18. The van der Waals surface area contributed by atoms with E-state index in [0.717, 1.165) is 5.56 Å². The third-order valence-electron chi connectivity index (χ3n) is 4.78. The molecule has 1 N–H and O–H groups in total. The Bertz CT molecular complexity index is 1380. The summed E-state index contributed by atoms with van der Waals surface area (Å²) < 4.78 is 11.5. The van der Waals surface area contributed by atoms with Gasteiger partial charge in [-0.3, -0.25) is 4.79 Å². The monoisotopic (exact) mass is 490 g/mol. The summed E-state index contributed by atoms with van der Waals surface area (Å²) in [6.07, 6.45) is 1.56. The van der Waals surface area contributed by atoms with Crippen molar-refractivity contribution in [1.82, 2.24) is 9.97 Å². The molecule has 2 heterocycles. The third kappa shape index (κ3) is 5.52. The molecule has 2 aromatic carbocycles. The number of aryl methyl sites for hydroxylation is 2. The highest BCUT2D eigenvalue weighted by Gasteiger charge is 2.17. The molecule has 0 spiro atoms. The number of anilines is 1. The zero-order chi connectivity index (χ0) is 24.1. The van der Waals surface area contributed by atoms with Gasteiger partial charge in [-0.1, -0.05) is 11.6 Å². The molecule has 1 amide bonds. The van der Waals surface area contributed by atoms with Crippen molar-refractivity contribution in [2.75, 3.05) is 5.32 Å². The summed E-state index contributed by atoms with van der Waals surface area (Å²) in [6, 6.07) is 17.7. The average Bonchev–Trinajstić information content (AvgIpc) is 3.21. The Morgan fingerprint density at radius 2 is 1.91 bits per heavy atom. The number of hydrogen-bond acceptors (Lipinski definition) is 7. The molecule has 2 aromatic heterocycles. The lowest BCUT2D eigenvalue weighted by molar-refractivity contribution is 0.102. The summed E-state index contributed by atoms with van der Waals surface area (Å²) in [5.74, 6) is 1.17. The third-order valence-corrected chi connectivity index (χ3v) is 6.16. The zero-order valence-electron chi connectivity index (χ0n) is 18.3. The first-order valence-corrected chi connectivity index (χ1v) is 11.4. The van der Waals surface area contributed by atoms with Crippen LogP contribution < -0.4 is 14.8 Å². The Hall–Kier alpha value is -3.93. The number of pyridine rings is 1. The highest BCUT2D eigenvalue weighted by Crippen LogP contribution is 2.28. The second-order valence-corrected chi connectivity index (χ2v) is 8.79. The van der Waals surface area contributed by atoms with E-state index in [1.807, 2.05) is 6.92 Å². The Morgan fingerprint density at radius 3 is 2.65 bits per heavy atom. The first-order chi connectivity index (χ1) is 16.4. The molecule has 0 aliphatic heterocycles. The largest absolute Gasteiger partial charge is 0.486 e. The van der Waals surface area contributed by atoms with Gasteiger partial charge < -0.3 is 14.8 Å². The number of benzene rings is 2. The summed E-state index contributed by atoms with van der Waals surface area (Å²) in [5, 5.41) is 13.5. The Balaban J connectivity index is 1.42. The first-order valence-electron chi connectivity index (χ1n) is 10.2. The van der Waals surface area contributed by atoms with Gasteiger partial charge in [-0.15, -0.1) is 11.3 Å². The quantitative estimate of drug-likeness (QED) is 0.326. The van der Waals surface area contributed by atoms with Crippen LogP contribution in [0.1, 0.15) is 31.5 Å².